The molecule has 0 rings (SSSR count). The van der Waals surface area contributed by atoms with Gasteiger partial charge in [-0.2, -0.15) is 0 Å². The Bertz CT molecular complexity index is 123. The van der Waals surface area contributed by atoms with E-state index in [1.165, 1.54) is 0 Å². The number of rotatable bonds is 4. The quantitative estimate of drug-likeness (QED) is 0.538. The number of nitrogens with one attached hydrogen (secondary N) is 1. The van der Waals surface area contributed by atoms with E-state index in [2.05, 4.69) is 11.9 Å². The number of nitrogens with two attached hydrogens (primary N) is 1. The van der Waals surface area contributed by atoms with Crippen molar-refractivity contribution in [1.82, 2.24) is 5.32 Å². The van der Waals surface area contributed by atoms with Crippen molar-refractivity contribution in [2.45, 2.75) is 6.92 Å². The summed E-state index contributed by atoms with van der Waals surface area (Å²) in [5.41, 5.74) is 5.26. The van der Waals surface area contributed by atoms with Gasteiger partial charge < -0.3 is 11.1 Å². The molecule has 0 fully saturated rings. The standard InChI is InChI=1S/C7H14N2O/c1-3-4-9-7(10)6(2)5-8/h3,6H,1,4-5,8H2,2H3,(H,9,10). The molecule has 0 radical (unpaired) electrons. The van der Waals surface area contributed by atoms with Crippen molar-refractivity contribution >= 4 is 5.91 Å². The lowest BCUT2D eigenvalue weighted by Gasteiger charge is -2.06. The number of hydrogen-bond acceptors (Lipinski definition) is 2. The van der Waals surface area contributed by atoms with Crippen LogP contribution in [0.3, 0.4) is 0 Å². The first kappa shape index (κ1) is 9.17. The molecule has 1 unspecified atom stereocenters. The smallest absolute Gasteiger partial charge is 0.224 e. The third kappa shape index (κ3) is 3.25. The zero-order valence-electron chi connectivity index (χ0n) is 6.26. The molecule has 3 N–H and O–H groups in total. The van der Waals surface area contributed by atoms with Crippen molar-refractivity contribution in [3.05, 3.63) is 12.7 Å². The fourth-order valence-electron chi connectivity index (χ4n) is 0.454. The van der Waals surface area contributed by atoms with Gasteiger partial charge in [0.25, 0.3) is 0 Å². The zero-order valence-corrected chi connectivity index (χ0v) is 6.26. The minimum Gasteiger partial charge on any atom is -0.352 e. The molecule has 0 saturated carbocycles. The highest BCUT2D eigenvalue weighted by atomic mass is 16.1. The summed E-state index contributed by atoms with van der Waals surface area (Å²) >= 11 is 0. The van der Waals surface area contributed by atoms with E-state index in [-0.39, 0.29) is 11.8 Å². The van der Waals surface area contributed by atoms with Crippen LogP contribution < -0.4 is 11.1 Å². The van der Waals surface area contributed by atoms with E-state index in [1.807, 2.05) is 0 Å². The van der Waals surface area contributed by atoms with Crippen LogP contribution in [-0.4, -0.2) is 19.0 Å². The first-order chi connectivity index (χ1) is 4.72. The minimum atomic E-state index is -0.0973. The highest BCUT2D eigenvalue weighted by molar-refractivity contribution is 5.78. The Labute approximate surface area is 61.3 Å². The molecule has 1 amide bonds. The average molecular weight is 142 g/mol. The summed E-state index contributed by atoms with van der Waals surface area (Å²) in [5.74, 6) is -0.109. The number of carbonyl (C=O) groups excluding carboxylic acids is 1. The van der Waals surface area contributed by atoms with Gasteiger partial charge in [0.05, 0.1) is 0 Å². The molecule has 0 bridgehead atoms. The van der Waals surface area contributed by atoms with Gasteiger partial charge in [-0.05, 0) is 0 Å². The van der Waals surface area contributed by atoms with E-state index in [0.717, 1.165) is 0 Å². The lowest BCUT2D eigenvalue weighted by atomic mass is 10.2. The van der Waals surface area contributed by atoms with Crippen LogP contribution in [0.5, 0.6) is 0 Å². The third-order valence-electron chi connectivity index (χ3n) is 1.22. The second-order valence-corrected chi connectivity index (χ2v) is 2.17. The molecular weight excluding hydrogens is 128 g/mol. The van der Waals surface area contributed by atoms with Gasteiger partial charge in [0.1, 0.15) is 0 Å². The lowest BCUT2D eigenvalue weighted by molar-refractivity contribution is -0.123. The molecule has 0 aliphatic rings. The van der Waals surface area contributed by atoms with Crippen molar-refractivity contribution in [2.24, 2.45) is 11.7 Å². The molecule has 0 aromatic carbocycles. The molecule has 0 aromatic heterocycles. The van der Waals surface area contributed by atoms with Crippen LogP contribution in [0.25, 0.3) is 0 Å². The topological polar surface area (TPSA) is 55.1 Å². The van der Waals surface area contributed by atoms with Crippen LogP contribution in [0.1, 0.15) is 6.92 Å². The van der Waals surface area contributed by atoms with E-state index in [9.17, 15) is 4.79 Å². The van der Waals surface area contributed by atoms with E-state index in [0.29, 0.717) is 13.1 Å². The Morgan fingerprint density at radius 2 is 2.50 bits per heavy atom. The third-order valence-corrected chi connectivity index (χ3v) is 1.22. The predicted molar refractivity (Wildman–Crippen MR) is 41.4 cm³/mol. The van der Waals surface area contributed by atoms with Gasteiger partial charge in [-0.25, -0.2) is 0 Å². The van der Waals surface area contributed by atoms with Gasteiger partial charge in [0.2, 0.25) is 5.91 Å². The van der Waals surface area contributed by atoms with Crippen molar-refractivity contribution in [3.63, 3.8) is 0 Å². The molecule has 3 nitrogen and oxygen atoms in total. The van der Waals surface area contributed by atoms with Crippen LogP contribution >= 0.6 is 0 Å². The van der Waals surface area contributed by atoms with E-state index < -0.39 is 0 Å². The van der Waals surface area contributed by atoms with Crippen molar-refractivity contribution in [2.75, 3.05) is 13.1 Å². The summed E-state index contributed by atoms with van der Waals surface area (Å²) in [5, 5.41) is 2.65. The first-order valence-electron chi connectivity index (χ1n) is 3.31. The Morgan fingerprint density at radius 3 is 2.90 bits per heavy atom. The SMILES string of the molecule is C=CCNC(=O)C(C)CN. The molecule has 3 heteroatoms. The summed E-state index contributed by atoms with van der Waals surface area (Å²) in [4.78, 5) is 10.9. The molecule has 0 spiro atoms. The van der Waals surface area contributed by atoms with Crippen LogP contribution in [-0.2, 0) is 4.79 Å². The Morgan fingerprint density at radius 1 is 1.90 bits per heavy atom. The molecule has 10 heavy (non-hydrogen) atoms. The number of hydrogen-bond donors (Lipinski definition) is 2. The fourth-order valence-corrected chi connectivity index (χ4v) is 0.454. The van der Waals surface area contributed by atoms with Crippen LogP contribution in [0.2, 0.25) is 0 Å². The molecule has 0 heterocycles. The second-order valence-electron chi connectivity index (χ2n) is 2.17. The van der Waals surface area contributed by atoms with Gasteiger partial charge in [-0.3, -0.25) is 4.79 Å². The van der Waals surface area contributed by atoms with Gasteiger partial charge >= 0.3 is 0 Å². The molecule has 0 aromatic rings. The van der Waals surface area contributed by atoms with E-state index in [1.54, 1.807) is 13.0 Å². The highest BCUT2D eigenvalue weighted by Crippen LogP contribution is 1.88. The molecular formula is C7H14N2O. The second kappa shape index (κ2) is 4.99. The first-order valence-corrected chi connectivity index (χ1v) is 3.31. The largest absolute Gasteiger partial charge is 0.352 e. The minimum absolute atomic E-state index is 0.0117. The molecule has 0 aliphatic heterocycles. The summed E-state index contributed by atoms with van der Waals surface area (Å²) < 4.78 is 0. The lowest BCUT2D eigenvalue weighted by Crippen LogP contribution is -2.33. The molecule has 1 atom stereocenters. The van der Waals surface area contributed by atoms with Gasteiger partial charge in [0.15, 0.2) is 0 Å². The average Bonchev–Trinajstić information content (AvgIpc) is 1.98. The summed E-state index contributed by atoms with van der Waals surface area (Å²) in [7, 11) is 0. The molecule has 0 saturated heterocycles. The number of amides is 1. The summed E-state index contributed by atoms with van der Waals surface area (Å²) in [6.07, 6.45) is 1.64. The number of carbonyl (C=O) groups is 1. The maximum atomic E-state index is 10.9. The Hall–Kier alpha value is -0.830. The Kier molecular flexibility index (Phi) is 4.58. The maximum absolute atomic E-state index is 10.9. The van der Waals surface area contributed by atoms with Crippen molar-refractivity contribution in [1.29, 1.82) is 0 Å². The fraction of sp³-hybridized carbons (Fsp3) is 0.571. The van der Waals surface area contributed by atoms with E-state index >= 15 is 0 Å². The van der Waals surface area contributed by atoms with Crippen LogP contribution in [0.15, 0.2) is 12.7 Å². The maximum Gasteiger partial charge on any atom is 0.224 e. The van der Waals surface area contributed by atoms with Crippen molar-refractivity contribution < 1.29 is 4.79 Å². The van der Waals surface area contributed by atoms with Crippen molar-refractivity contribution in [3.8, 4) is 0 Å². The summed E-state index contributed by atoms with van der Waals surface area (Å²) in [6, 6.07) is 0. The van der Waals surface area contributed by atoms with Gasteiger partial charge in [0, 0.05) is 19.0 Å². The van der Waals surface area contributed by atoms with Gasteiger partial charge in [-0.15, -0.1) is 6.58 Å². The Balaban J connectivity index is 3.51. The zero-order chi connectivity index (χ0) is 7.98. The van der Waals surface area contributed by atoms with E-state index in [4.69, 9.17) is 5.73 Å². The summed E-state index contributed by atoms with van der Waals surface area (Å²) in [6.45, 7) is 6.17. The van der Waals surface area contributed by atoms with Crippen LogP contribution in [0.4, 0.5) is 0 Å². The highest BCUT2D eigenvalue weighted by Gasteiger charge is 2.07. The van der Waals surface area contributed by atoms with Gasteiger partial charge in [-0.1, -0.05) is 13.0 Å². The normalized spacial score (nSPS) is 12.2. The predicted octanol–water partition coefficient (Wildman–Crippen LogP) is -0.117. The monoisotopic (exact) mass is 142 g/mol. The molecule has 0 aliphatic carbocycles. The molecule has 58 valence electrons. The van der Waals surface area contributed by atoms with Crippen LogP contribution in [0, 0.1) is 5.92 Å².